The van der Waals surface area contributed by atoms with Gasteiger partial charge < -0.3 is 20.5 Å². The van der Waals surface area contributed by atoms with Crippen molar-refractivity contribution in [2.24, 2.45) is 0 Å². The Kier molecular flexibility index (Phi) is 6.51. The molecule has 1 amide bonds. The second-order valence-corrected chi connectivity index (χ2v) is 6.06. The molecule has 1 unspecified atom stereocenters. The molecule has 26 heavy (non-hydrogen) atoms. The van der Waals surface area contributed by atoms with Crippen molar-refractivity contribution < 1.29 is 27.8 Å². The van der Waals surface area contributed by atoms with Crippen LogP contribution < -0.4 is 15.8 Å². The normalized spacial score (nSPS) is 11.7. The molecule has 0 saturated carbocycles. The van der Waals surface area contributed by atoms with Crippen molar-refractivity contribution in [3.63, 3.8) is 0 Å². The number of carbonyl (C=O) groups is 2. The molecule has 0 saturated heterocycles. The molecule has 3 N–H and O–H groups in total. The maximum absolute atomic E-state index is 12.4. The van der Waals surface area contributed by atoms with Gasteiger partial charge in [-0.1, -0.05) is 28.1 Å². The van der Waals surface area contributed by atoms with Gasteiger partial charge in [-0.05, 0) is 37.3 Å². The molecular formula is C17H15BrF2N2O4. The van der Waals surface area contributed by atoms with E-state index in [2.05, 4.69) is 26.0 Å². The molecule has 0 heterocycles. The van der Waals surface area contributed by atoms with E-state index in [-0.39, 0.29) is 22.7 Å². The van der Waals surface area contributed by atoms with Gasteiger partial charge in [-0.15, -0.1) is 0 Å². The first kappa shape index (κ1) is 19.6. The third-order valence-corrected chi connectivity index (χ3v) is 3.74. The third-order valence-electron chi connectivity index (χ3n) is 3.25. The molecule has 0 fully saturated rings. The second kappa shape index (κ2) is 8.61. The number of ether oxygens (including phenoxy) is 2. The fourth-order valence-corrected chi connectivity index (χ4v) is 2.35. The van der Waals surface area contributed by atoms with Gasteiger partial charge in [-0.25, -0.2) is 4.79 Å². The second-order valence-electron chi connectivity index (χ2n) is 5.14. The van der Waals surface area contributed by atoms with Gasteiger partial charge in [0.25, 0.3) is 5.91 Å². The molecule has 0 aromatic heterocycles. The Morgan fingerprint density at radius 2 is 1.88 bits per heavy atom. The van der Waals surface area contributed by atoms with E-state index in [1.54, 1.807) is 6.07 Å². The van der Waals surface area contributed by atoms with Crippen LogP contribution in [0.4, 0.5) is 20.2 Å². The number of nitrogens with two attached hydrogens (primary N) is 1. The zero-order valence-electron chi connectivity index (χ0n) is 13.5. The van der Waals surface area contributed by atoms with Crippen molar-refractivity contribution in [3.8, 4) is 5.75 Å². The van der Waals surface area contributed by atoms with Crippen LogP contribution in [0.15, 0.2) is 46.9 Å². The molecule has 0 bridgehead atoms. The molecule has 0 aliphatic carbocycles. The van der Waals surface area contributed by atoms with Gasteiger partial charge in [0.05, 0.1) is 11.3 Å². The smallest absolute Gasteiger partial charge is 0.387 e. The van der Waals surface area contributed by atoms with Crippen LogP contribution in [0.3, 0.4) is 0 Å². The van der Waals surface area contributed by atoms with Crippen LogP contribution in [-0.2, 0) is 9.53 Å². The number of anilines is 2. The van der Waals surface area contributed by atoms with Gasteiger partial charge in [0.2, 0.25) is 0 Å². The van der Waals surface area contributed by atoms with E-state index in [9.17, 15) is 18.4 Å². The molecule has 2 aromatic rings. The number of benzene rings is 2. The van der Waals surface area contributed by atoms with E-state index in [4.69, 9.17) is 10.5 Å². The average molecular weight is 429 g/mol. The molecule has 2 rings (SSSR count). The maximum atomic E-state index is 12.4. The van der Waals surface area contributed by atoms with Crippen molar-refractivity contribution in [2.75, 3.05) is 11.1 Å². The number of nitrogens with one attached hydrogen (secondary N) is 1. The topological polar surface area (TPSA) is 90.7 Å². The zero-order chi connectivity index (χ0) is 19.3. The van der Waals surface area contributed by atoms with Crippen LogP contribution in [0.2, 0.25) is 0 Å². The highest BCUT2D eigenvalue weighted by molar-refractivity contribution is 9.10. The van der Waals surface area contributed by atoms with Crippen molar-refractivity contribution in [2.45, 2.75) is 19.6 Å². The largest absolute Gasteiger partial charge is 0.449 e. The Morgan fingerprint density at radius 1 is 1.19 bits per heavy atom. The molecule has 2 aromatic carbocycles. The Morgan fingerprint density at radius 3 is 2.58 bits per heavy atom. The fourth-order valence-electron chi connectivity index (χ4n) is 1.99. The molecule has 0 spiro atoms. The standard InChI is InChI=1S/C17H15BrF2N2O4/c1-9(25-16(24)11-8-10(18)6-7-12(11)21)15(23)22-13-4-2-3-5-14(13)26-17(19)20/h2-9,17H,21H2,1H3,(H,22,23). The summed E-state index contributed by atoms with van der Waals surface area (Å²) in [7, 11) is 0. The molecule has 138 valence electrons. The Bertz CT molecular complexity index is 817. The summed E-state index contributed by atoms with van der Waals surface area (Å²) in [4.78, 5) is 24.4. The lowest BCUT2D eigenvalue weighted by Gasteiger charge is -2.16. The van der Waals surface area contributed by atoms with Gasteiger partial charge >= 0.3 is 12.6 Å². The van der Waals surface area contributed by atoms with Gasteiger partial charge in [-0.2, -0.15) is 8.78 Å². The van der Waals surface area contributed by atoms with Crippen LogP contribution in [0.25, 0.3) is 0 Å². The minimum Gasteiger partial charge on any atom is -0.449 e. The number of alkyl halides is 2. The number of carbonyl (C=O) groups excluding carboxylic acids is 2. The molecule has 0 aliphatic rings. The first-order chi connectivity index (χ1) is 12.3. The predicted octanol–water partition coefficient (Wildman–Crippen LogP) is 3.82. The van der Waals surface area contributed by atoms with Crippen molar-refractivity contribution in [3.05, 3.63) is 52.5 Å². The Balaban J connectivity index is 2.06. The fraction of sp³-hybridized carbons (Fsp3) is 0.176. The van der Waals surface area contributed by atoms with Crippen molar-refractivity contribution in [1.29, 1.82) is 0 Å². The summed E-state index contributed by atoms with van der Waals surface area (Å²) < 4.78 is 34.8. The molecular weight excluding hydrogens is 414 g/mol. The van der Waals surface area contributed by atoms with E-state index in [1.807, 2.05) is 0 Å². The van der Waals surface area contributed by atoms with Crippen LogP contribution in [-0.4, -0.2) is 24.6 Å². The summed E-state index contributed by atoms with van der Waals surface area (Å²) in [6.07, 6.45) is -1.19. The van der Waals surface area contributed by atoms with E-state index >= 15 is 0 Å². The van der Waals surface area contributed by atoms with Crippen LogP contribution >= 0.6 is 15.9 Å². The summed E-state index contributed by atoms with van der Waals surface area (Å²) in [6.45, 7) is -1.69. The van der Waals surface area contributed by atoms with E-state index in [0.717, 1.165) is 0 Å². The summed E-state index contributed by atoms with van der Waals surface area (Å²) in [5.74, 6) is -1.70. The SMILES string of the molecule is CC(OC(=O)c1cc(Br)ccc1N)C(=O)Nc1ccccc1OC(F)F. The number of halogens is 3. The lowest BCUT2D eigenvalue weighted by molar-refractivity contribution is -0.123. The van der Waals surface area contributed by atoms with Crippen molar-refractivity contribution >= 4 is 39.2 Å². The first-order valence-corrected chi connectivity index (χ1v) is 8.18. The van der Waals surface area contributed by atoms with Crippen LogP contribution in [0.5, 0.6) is 5.75 Å². The van der Waals surface area contributed by atoms with E-state index in [1.165, 1.54) is 43.3 Å². The molecule has 0 aliphatic heterocycles. The Labute approximate surface area is 156 Å². The number of rotatable bonds is 6. The van der Waals surface area contributed by atoms with E-state index in [0.29, 0.717) is 4.47 Å². The molecule has 6 nitrogen and oxygen atoms in total. The molecule has 9 heteroatoms. The molecule has 1 atom stereocenters. The lowest BCUT2D eigenvalue weighted by atomic mass is 10.2. The van der Waals surface area contributed by atoms with Gasteiger partial charge in [0, 0.05) is 10.2 Å². The predicted molar refractivity (Wildman–Crippen MR) is 95.1 cm³/mol. The third kappa shape index (κ3) is 5.16. The quantitative estimate of drug-likeness (QED) is 0.539. The number of hydrogen-bond donors (Lipinski definition) is 2. The number of hydrogen-bond acceptors (Lipinski definition) is 5. The molecule has 0 radical (unpaired) electrons. The minimum absolute atomic E-state index is 0.0302. The van der Waals surface area contributed by atoms with Gasteiger partial charge in [0.15, 0.2) is 6.10 Å². The summed E-state index contributed by atoms with van der Waals surface area (Å²) in [5, 5.41) is 2.38. The maximum Gasteiger partial charge on any atom is 0.387 e. The van der Waals surface area contributed by atoms with Crippen LogP contribution in [0.1, 0.15) is 17.3 Å². The number of nitrogen functional groups attached to an aromatic ring is 1. The monoisotopic (exact) mass is 428 g/mol. The summed E-state index contributed by atoms with van der Waals surface area (Å²) in [6, 6.07) is 10.3. The van der Waals surface area contributed by atoms with Crippen LogP contribution in [0, 0.1) is 0 Å². The minimum atomic E-state index is -3.04. The first-order valence-electron chi connectivity index (χ1n) is 7.38. The average Bonchev–Trinajstić information content (AvgIpc) is 2.58. The zero-order valence-corrected chi connectivity index (χ0v) is 15.1. The van der Waals surface area contributed by atoms with E-state index < -0.39 is 24.6 Å². The van der Waals surface area contributed by atoms with Gasteiger partial charge in [0.1, 0.15) is 5.75 Å². The number of para-hydroxylation sites is 2. The number of amides is 1. The highest BCUT2D eigenvalue weighted by Gasteiger charge is 2.22. The summed E-state index contributed by atoms with van der Waals surface area (Å²) >= 11 is 3.21. The van der Waals surface area contributed by atoms with Gasteiger partial charge in [-0.3, -0.25) is 4.79 Å². The lowest BCUT2D eigenvalue weighted by Crippen LogP contribution is -2.30. The van der Waals surface area contributed by atoms with Crippen molar-refractivity contribution in [1.82, 2.24) is 0 Å². The highest BCUT2D eigenvalue weighted by Crippen LogP contribution is 2.26. The number of esters is 1. The highest BCUT2D eigenvalue weighted by atomic mass is 79.9. The summed E-state index contributed by atoms with van der Waals surface area (Å²) in [5.41, 5.74) is 6.05. The Hall–Kier alpha value is -2.68.